The predicted molar refractivity (Wildman–Crippen MR) is 110 cm³/mol. The van der Waals surface area contributed by atoms with Gasteiger partial charge in [-0.15, -0.1) is 0 Å². The van der Waals surface area contributed by atoms with Gasteiger partial charge in [0.05, 0.1) is 16.5 Å². The quantitative estimate of drug-likeness (QED) is 0.434. The van der Waals surface area contributed by atoms with Crippen molar-refractivity contribution in [3.63, 3.8) is 0 Å². The predicted octanol–water partition coefficient (Wildman–Crippen LogP) is -0.534. The van der Waals surface area contributed by atoms with Gasteiger partial charge < -0.3 is 4.90 Å². The van der Waals surface area contributed by atoms with E-state index in [-0.39, 0.29) is 18.7 Å². The number of carbonyl (C=O) groups excluding carboxylic acids is 2. The summed E-state index contributed by atoms with van der Waals surface area (Å²) in [7, 11) is -4.41. The van der Waals surface area contributed by atoms with Gasteiger partial charge in [-0.1, -0.05) is 11.6 Å². The molecule has 1 saturated heterocycles. The summed E-state index contributed by atoms with van der Waals surface area (Å²) < 4.78 is 27.2. The van der Waals surface area contributed by atoms with Crippen molar-refractivity contribution in [1.29, 1.82) is 0 Å². The molecule has 0 spiro atoms. The summed E-state index contributed by atoms with van der Waals surface area (Å²) in [6.07, 6.45) is 1.21. The summed E-state index contributed by atoms with van der Waals surface area (Å²) in [4.78, 5) is 61.0. The minimum atomic E-state index is -4.41. The topological polar surface area (TPSA) is 173 Å². The van der Waals surface area contributed by atoms with Crippen LogP contribution in [0.15, 0.2) is 38.9 Å². The van der Waals surface area contributed by atoms with Crippen LogP contribution in [0.5, 0.6) is 0 Å². The second-order valence-corrected chi connectivity index (χ2v) is 9.10. The third-order valence-corrected chi connectivity index (χ3v) is 7.02. The number of hydrogen-bond donors (Lipinski definition) is 1. The zero-order chi connectivity index (χ0) is 23.8. The molecule has 1 fully saturated rings. The number of nitro groups is 1. The van der Waals surface area contributed by atoms with Crippen LogP contribution >= 0.6 is 11.6 Å². The molecule has 0 atom stereocenters. The van der Waals surface area contributed by atoms with Crippen LogP contribution in [-0.4, -0.2) is 63.5 Å². The molecule has 1 aromatic heterocycles. The normalized spacial score (nSPS) is 14.5. The van der Waals surface area contributed by atoms with Gasteiger partial charge in [0.15, 0.2) is 0 Å². The van der Waals surface area contributed by atoms with E-state index in [4.69, 9.17) is 11.6 Å². The van der Waals surface area contributed by atoms with E-state index < -0.39 is 66.7 Å². The van der Waals surface area contributed by atoms with Crippen LogP contribution in [0.4, 0.5) is 5.69 Å². The number of aromatic nitrogens is 2. The lowest BCUT2D eigenvalue weighted by molar-refractivity contribution is -0.384. The number of non-ortho nitro benzene ring substituents is 1. The number of benzene rings is 1. The Morgan fingerprint density at radius 3 is 2.53 bits per heavy atom. The SMILES string of the molecule is Cc1cn(CC(=O)N2CCN(S(=O)(=O)c3ccc([N+](=O)[O-])cc3Cl)C(=O)C2)c(=O)[nH]c1=O. The van der Waals surface area contributed by atoms with E-state index in [1.165, 1.54) is 13.1 Å². The molecule has 2 aromatic rings. The first-order valence-corrected chi connectivity index (χ1v) is 10.8. The van der Waals surface area contributed by atoms with E-state index in [9.17, 15) is 37.7 Å². The Morgan fingerprint density at radius 1 is 1.25 bits per heavy atom. The number of rotatable bonds is 5. The lowest BCUT2D eigenvalue weighted by Gasteiger charge is -2.33. The van der Waals surface area contributed by atoms with Gasteiger partial charge in [0.25, 0.3) is 27.2 Å². The largest absolute Gasteiger partial charge is 0.330 e. The second kappa shape index (κ2) is 8.55. The average molecular weight is 486 g/mol. The number of H-pyrrole nitrogens is 1. The van der Waals surface area contributed by atoms with Crippen LogP contribution in [0.25, 0.3) is 0 Å². The van der Waals surface area contributed by atoms with Gasteiger partial charge >= 0.3 is 5.69 Å². The number of aryl methyl sites for hydroxylation is 1. The first-order chi connectivity index (χ1) is 14.9. The molecule has 0 bridgehead atoms. The summed E-state index contributed by atoms with van der Waals surface area (Å²) in [5, 5.41) is 10.4. The van der Waals surface area contributed by atoms with Crippen molar-refractivity contribution in [1.82, 2.24) is 18.8 Å². The standard InChI is InChI=1S/C17H16ClN5O8S/c1-10-7-21(17(27)19-16(10)26)8-14(24)20-4-5-22(15(25)9-20)32(30,31)13-3-2-11(23(28)29)6-12(13)18/h2-3,6-7H,4-5,8-9H2,1H3,(H,19,26,27). The molecular formula is C17H16ClN5O8S. The molecule has 1 N–H and O–H groups in total. The molecule has 1 aliphatic rings. The smallest absolute Gasteiger partial charge is 0.328 e. The third-order valence-electron chi connectivity index (χ3n) is 4.72. The molecule has 0 unspecified atom stereocenters. The molecule has 15 heteroatoms. The Labute approximate surface area is 185 Å². The number of sulfonamides is 1. The van der Waals surface area contributed by atoms with Gasteiger partial charge in [0, 0.05) is 30.4 Å². The number of aromatic amines is 1. The van der Waals surface area contributed by atoms with Crippen LogP contribution in [0.3, 0.4) is 0 Å². The molecular weight excluding hydrogens is 470 g/mol. The lowest BCUT2D eigenvalue weighted by Crippen LogP contribution is -2.54. The van der Waals surface area contributed by atoms with Gasteiger partial charge in [-0.2, -0.15) is 0 Å². The van der Waals surface area contributed by atoms with Crippen LogP contribution in [0, 0.1) is 17.0 Å². The third kappa shape index (κ3) is 4.40. The second-order valence-electron chi connectivity index (χ2n) is 6.86. The number of nitrogens with zero attached hydrogens (tertiary/aromatic N) is 4. The number of halogens is 1. The number of nitro benzene ring substituents is 1. The highest BCUT2D eigenvalue weighted by Gasteiger charge is 2.37. The average Bonchev–Trinajstić information content (AvgIpc) is 2.71. The van der Waals surface area contributed by atoms with Gasteiger partial charge in [-0.3, -0.25) is 34.0 Å². The van der Waals surface area contributed by atoms with Crippen molar-refractivity contribution < 1.29 is 22.9 Å². The molecule has 1 aliphatic heterocycles. The summed E-state index contributed by atoms with van der Waals surface area (Å²) in [5.41, 5.74) is -1.58. The number of carbonyl (C=O) groups is 2. The van der Waals surface area contributed by atoms with Crippen molar-refractivity contribution in [3.8, 4) is 0 Å². The molecule has 13 nitrogen and oxygen atoms in total. The monoisotopic (exact) mass is 485 g/mol. The van der Waals surface area contributed by atoms with E-state index >= 15 is 0 Å². The molecule has 0 radical (unpaired) electrons. The van der Waals surface area contributed by atoms with Gasteiger partial charge in [0.2, 0.25) is 5.91 Å². The number of hydrogen-bond acceptors (Lipinski definition) is 8. The number of amides is 2. The first kappa shape index (κ1) is 23.1. The highest BCUT2D eigenvalue weighted by atomic mass is 35.5. The maximum atomic E-state index is 12.8. The van der Waals surface area contributed by atoms with Crippen molar-refractivity contribution in [2.24, 2.45) is 0 Å². The first-order valence-electron chi connectivity index (χ1n) is 8.99. The molecule has 2 amide bonds. The fraction of sp³-hybridized carbons (Fsp3) is 0.294. The van der Waals surface area contributed by atoms with Crippen LogP contribution in [0.2, 0.25) is 5.02 Å². The lowest BCUT2D eigenvalue weighted by atomic mass is 10.3. The van der Waals surface area contributed by atoms with E-state index in [2.05, 4.69) is 4.98 Å². The van der Waals surface area contributed by atoms with Crippen LogP contribution in [0.1, 0.15) is 5.56 Å². The molecule has 170 valence electrons. The molecule has 0 aliphatic carbocycles. The van der Waals surface area contributed by atoms with Crippen molar-refractivity contribution in [3.05, 3.63) is 65.9 Å². The molecule has 3 rings (SSSR count). The van der Waals surface area contributed by atoms with E-state index in [0.29, 0.717) is 4.31 Å². The van der Waals surface area contributed by atoms with Crippen molar-refractivity contribution >= 4 is 39.1 Å². The number of piperazine rings is 1. The Kier molecular flexibility index (Phi) is 6.18. The number of nitrogens with one attached hydrogen (secondary N) is 1. The molecule has 32 heavy (non-hydrogen) atoms. The highest BCUT2D eigenvalue weighted by molar-refractivity contribution is 7.89. The van der Waals surface area contributed by atoms with Crippen LogP contribution < -0.4 is 11.2 Å². The van der Waals surface area contributed by atoms with Gasteiger partial charge in [-0.25, -0.2) is 17.5 Å². The maximum absolute atomic E-state index is 12.8. The minimum absolute atomic E-state index is 0.147. The van der Waals surface area contributed by atoms with Gasteiger partial charge in [-0.05, 0) is 13.0 Å². The fourth-order valence-corrected chi connectivity index (χ4v) is 4.94. The molecule has 2 heterocycles. The summed E-state index contributed by atoms with van der Waals surface area (Å²) in [5.74, 6) is -1.54. The summed E-state index contributed by atoms with van der Waals surface area (Å²) in [6, 6.07) is 2.75. The minimum Gasteiger partial charge on any atom is -0.330 e. The van der Waals surface area contributed by atoms with Crippen LogP contribution in [-0.2, 0) is 26.2 Å². The van der Waals surface area contributed by atoms with E-state index in [0.717, 1.165) is 27.7 Å². The van der Waals surface area contributed by atoms with E-state index in [1.54, 1.807) is 0 Å². The fourth-order valence-electron chi connectivity index (χ4n) is 3.04. The van der Waals surface area contributed by atoms with Crippen molar-refractivity contribution in [2.75, 3.05) is 19.6 Å². The van der Waals surface area contributed by atoms with E-state index in [1.807, 2.05) is 0 Å². The highest BCUT2D eigenvalue weighted by Crippen LogP contribution is 2.29. The Balaban J connectivity index is 1.76. The Hall–Kier alpha value is -3.52. The summed E-state index contributed by atoms with van der Waals surface area (Å²) >= 11 is 5.89. The Morgan fingerprint density at radius 2 is 1.94 bits per heavy atom. The maximum Gasteiger partial charge on any atom is 0.328 e. The van der Waals surface area contributed by atoms with Crippen molar-refractivity contribution in [2.45, 2.75) is 18.4 Å². The van der Waals surface area contributed by atoms with Gasteiger partial charge in [0.1, 0.15) is 18.0 Å². The summed E-state index contributed by atoms with van der Waals surface area (Å²) in [6.45, 7) is -0.0919. The molecule has 0 saturated carbocycles. The zero-order valence-corrected chi connectivity index (χ0v) is 18.1. The molecule has 1 aromatic carbocycles. The zero-order valence-electron chi connectivity index (χ0n) is 16.5. The Bertz CT molecular complexity index is 1350.